The van der Waals surface area contributed by atoms with Crippen LogP contribution < -0.4 is 5.32 Å². The van der Waals surface area contributed by atoms with Crippen LogP contribution in [0.3, 0.4) is 0 Å². The van der Waals surface area contributed by atoms with E-state index in [4.69, 9.17) is 0 Å². The molecular weight excluding hydrogens is 361 g/mol. The van der Waals surface area contributed by atoms with E-state index in [-0.39, 0.29) is 5.56 Å². The van der Waals surface area contributed by atoms with Gasteiger partial charge in [-0.2, -0.15) is 5.10 Å². The highest BCUT2D eigenvalue weighted by Crippen LogP contribution is 2.32. The van der Waals surface area contributed by atoms with Crippen molar-refractivity contribution >= 4 is 17.2 Å². The average molecular weight is 377 g/mol. The number of hydrogen-bond acceptors (Lipinski definition) is 3. The van der Waals surface area contributed by atoms with Crippen LogP contribution in [-0.4, -0.2) is 16.1 Å². The molecule has 1 unspecified atom stereocenters. The van der Waals surface area contributed by atoms with Gasteiger partial charge in [0, 0.05) is 5.56 Å². The Morgan fingerprint density at radius 3 is 2.56 bits per heavy atom. The molecule has 0 saturated heterocycles. The quantitative estimate of drug-likeness (QED) is 0.525. The Morgan fingerprint density at radius 2 is 1.81 bits per heavy atom. The van der Waals surface area contributed by atoms with Gasteiger partial charge in [0.25, 0.3) is 5.91 Å². The van der Waals surface area contributed by atoms with Gasteiger partial charge in [-0.1, -0.05) is 48.5 Å². The predicted molar refractivity (Wildman–Crippen MR) is 104 cm³/mol. The van der Waals surface area contributed by atoms with Crippen LogP contribution >= 0.6 is 11.3 Å². The second-order valence-electron chi connectivity index (χ2n) is 5.97. The summed E-state index contributed by atoms with van der Waals surface area (Å²) >= 11 is 1.58. The van der Waals surface area contributed by atoms with Gasteiger partial charge in [-0.3, -0.25) is 9.89 Å². The summed E-state index contributed by atoms with van der Waals surface area (Å²) in [5.74, 6) is -1.02. The fourth-order valence-corrected chi connectivity index (χ4v) is 3.72. The van der Waals surface area contributed by atoms with Crippen molar-refractivity contribution in [2.45, 2.75) is 6.04 Å². The van der Waals surface area contributed by atoms with Gasteiger partial charge in [-0.25, -0.2) is 4.39 Å². The Labute approximate surface area is 159 Å². The van der Waals surface area contributed by atoms with Gasteiger partial charge in [0.05, 0.1) is 28.4 Å². The van der Waals surface area contributed by atoms with Crippen molar-refractivity contribution in [3.8, 4) is 10.6 Å². The first-order valence-corrected chi connectivity index (χ1v) is 9.29. The Bertz CT molecular complexity index is 1040. The van der Waals surface area contributed by atoms with Crippen LogP contribution in [0, 0.1) is 5.82 Å². The fourth-order valence-electron chi connectivity index (χ4n) is 2.97. The van der Waals surface area contributed by atoms with Crippen molar-refractivity contribution in [2.24, 2.45) is 0 Å². The van der Waals surface area contributed by atoms with Crippen molar-refractivity contribution in [1.29, 1.82) is 0 Å². The second kappa shape index (κ2) is 7.55. The number of rotatable bonds is 5. The summed E-state index contributed by atoms with van der Waals surface area (Å²) in [6, 6.07) is 19.0. The number of aromatic amines is 1. The van der Waals surface area contributed by atoms with Crippen LogP contribution in [0.15, 0.2) is 78.3 Å². The topological polar surface area (TPSA) is 57.8 Å². The second-order valence-corrected chi connectivity index (χ2v) is 6.92. The summed E-state index contributed by atoms with van der Waals surface area (Å²) in [6.45, 7) is 0. The first-order chi connectivity index (χ1) is 13.2. The lowest BCUT2D eigenvalue weighted by molar-refractivity contribution is 0.0939. The number of benzene rings is 2. The van der Waals surface area contributed by atoms with Gasteiger partial charge < -0.3 is 5.32 Å². The standard InChI is InChI=1S/C21H16FN3OS/c22-17-10-5-4-9-15(17)21(26)24-19(14-7-2-1-3-8-14)16-13-23-25-20(16)18-11-6-12-27-18/h1-13,19H,(H,23,25)(H,24,26). The number of nitrogens with zero attached hydrogens (tertiary/aromatic N) is 1. The van der Waals surface area contributed by atoms with E-state index in [9.17, 15) is 9.18 Å². The average Bonchev–Trinajstić information content (AvgIpc) is 3.38. The molecule has 2 aromatic heterocycles. The van der Waals surface area contributed by atoms with E-state index in [0.717, 1.165) is 21.7 Å². The first kappa shape index (κ1) is 17.2. The van der Waals surface area contributed by atoms with Crippen LogP contribution in [0.4, 0.5) is 4.39 Å². The normalized spacial score (nSPS) is 11.9. The molecule has 1 amide bonds. The zero-order valence-corrected chi connectivity index (χ0v) is 15.0. The number of nitrogens with one attached hydrogen (secondary N) is 2. The van der Waals surface area contributed by atoms with Crippen LogP contribution in [-0.2, 0) is 0 Å². The highest BCUT2D eigenvalue weighted by Gasteiger charge is 2.24. The summed E-state index contributed by atoms with van der Waals surface area (Å²) in [4.78, 5) is 13.8. The van der Waals surface area contributed by atoms with Crippen molar-refractivity contribution in [2.75, 3.05) is 0 Å². The lowest BCUT2D eigenvalue weighted by atomic mass is 9.98. The minimum absolute atomic E-state index is 0.0135. The zero-order chi connectivity index (χ0) is 18.6. The SMILES string of the molecule is O=C(NC(c1ccccc1)c1cn[nH]c1-c1cccs1)c1ccccc1F. The van der Waals surface area contributed by atoms with Crippen molar-refractivity contribution in [1.82, 2.24) is 15.5 Å². The summed E-state index contributed by atoms with van der Waals surface area (Å²) < 4.78 is 14.1. The highest BCUT2D eigenvalue weighted by atomic mass is 32.1. The maximum absolute atomic E-state index is 14.1. The molecule has 0 aliphatic rings. The molecule has 6 heteroatoms. The Kier molecular flexibility index (Phi) is 4.80. The summed E-state index contributed by atoms with van der Waals surface area (Å²) in [5, 5.41) is 12.1. The number of carbonyl (C=O) groups excluding carboxylic acids is 1. The van der Waals surface area contributed by atoms with Crippen molar-refractivity contribution in [3.05, 3.63) is 101 Å². The lowest BCUT2D eigenvalue weighted by Gasteiger charge is -2.20. The number of hydrogen-bond donors (Lipinski definition) is 2. The molecular formula is C21H16FN3OS. The molecule has 2 N–H and O–H groups in total. The van der Waals surface area contributed by atoms with E-state index in [1.807, 2.05) is 47.8 Å². The van der Waals surface area contributed by atoms with E-state index in [1.165, 1.54) is 12.1 Å². The van der Waals surface area contributed by atoms with Crippen LogP contribution in [0.5, 0.6) is 0 Å². The molecule has 1 atom stereocenters. The number of thiophene rings is 1. The zero-order valence-electron chi connectivity index (χ0n) is 14.2. The predicted octanol–water partition coefficient (Wildman–Crippen LogP) is 4.80. The summed E-state index contributed by atoms with van der Waals surface area (Å²) in [5.41, 5.74) is 2.57. The van der Waals surface area contributed by atoms with Crippen molar-refractivity contribution < 1.29 is 9.18 Å². The molecule has 0 radical (unpaired) electrons. The van der Waals surface area contributed by atoms with E-state index in [0.29, 0.717) is 0 Å². The Balaban J connectivity index is 1.75. The summed E-state index contributed by atoms with van der Waals surface area (Å²) in [6.07, 6.45) is 1.70. The third kappa shape index (κ3) is 3.52. The molecule has 0 spiro atoms. The van der Waals surface area contributed by atoms with Crippen molar-refractivity contribution in [3.63, 3.8) is 0 Å². The van der Waals surface area contributed by atoms with Crippen LogP contribution in [0.2, 0.25) is 0 Å². The van der Waals surface area contributed by atoms with Crippen LogP contribution in [0.1, 0.15) is 27.5 Å². The maximum Gasteiger partial charge on any atom is 0.255 e. The lowest BCUT2D eigenvalue weighted by Crippen LogP contribution is -2.30. The molecule has 134 valence electrons. The molecule has 0 bridgehead atoms. The number of halogens is 1. The summed E-state index contributed by atoms with van der Waals surface area (Å²) in [7, 11) is 0. The molecule has 0 fully saturated rings. The van der Waals surface area contributed by atoms with Gasteiger partial charge in [-0.05, 0) is 29.1 Å². The van der Waals surface area contributed by atoms with Crippen LogP contribution in [0.25, 0.3) is 10.6 Å². The molecule has 4 aromatic rings. The Hall–Kier alpha value is -3.25. The number of aromatic nitrogens is 2. The highest BCUT2D eigenvalue weighted by molar-refractivity contribution is 7.13. The molecule has 2 aromatic carbocycles. The Morgan fingerprint density at radius 1 is 1.04 bits per heavy atom. The number of H-pyrrole nitrogens is 1. The van der Waals surface area contributed by atoms with Gasteiger partial charge in [-0.15, -0.1) is 11.3 Å². The van der Waals surface area contributed by atoms with E-state index < -0.39 is 17.8 Å². The van der Waals surface area contributed by atoms with Gasteiger partial charge >= 0.3 is 0 Å². The largest absolute Gasteiger partial charge is 0.341 e. The third-order valence-electron chi connectivity index (χ3n) is 4.27. The van der Waals surface area contributed by atoms with Gasteiger partial charge in [0.1, 0.15) is 5.82 Å². The van der Waals surface area contributed by atoms with Gasteiger partial charge in [0.15, 0.2) is 0 Å². The minimum atomic E-state index is -0.549. The molecule has 2 heterocycles. The first-order valence-electron chi connectivity index (χ1n) is 8.41. The van der Waals surface area contributed by atoms with E-state index in [2.05, 4.69) is 15.5 Å². The molecule has 27 heavy (non-hydrogen) atoms. The van der Waals surface area contributed by atoms with E-state index >= 15 is 0 Å². The maximum atomic E-state index is 14.1. The van der Waals surface area contributed by atoms with E-state index in [1.54, 1.807) is 29.7 Å². The molecule has 4 nitrogen and oxygen atoms in total. The monoisotopic (exact) mass is 377 g/mol. The minimum Gasteiger partial charge on any atom is -0.341 e. The number of carbonyl (C=O) groups is 1. The molecule has 4 rings (SSSR count). The fraction of sp³-hybridized carbons (Fsp3) is 0.0476. The molecule has 0 aliphatic heterocycles. The van der Waals surface area contributed by atoms with Gasteiger partial charge in [0.2, 0.25) is 0 Å². The smallest absolute Gasteiger partial charge is 0.255 e. The molecule has 0 aliphatic carbocycles. The number of amides is 1. The molecule has 0 saturated carbocycles. The third-order valence-corrected chi connectivity index (χ3v) is 5.16.